The molecule has 1 aromatic rings. The number of aliphatic hydroxyl groups is 1. The predicted octanol–water partition coefficient (Wildman–Crippen LogP) is 2.78. The van der Waals surface area contributed by atoms with Crippen LogP contribution in [0.4, 0.5) is 13.2 Å². The second-order valence-electron chi connectivity index (χ2n) is 3.56. The maximum atomic E-state index is 12.1. The molecule has 3 N–H and O–H groups in total. The quantitative estimate of drug-likeness (QED) is 0.875. The molecule has 0 saturated carbocycles. The minimum atomic E-state index is -4.73. The van der Waals surface area contributed by atoms with Crippen LogP contribution in [0.15, 0.2) is 24.3 Å². The third-order valence-electron chi connectivity index (χ3n) is 2.22. The van der Waals surface area contributed by atoms with Gasteiger partial charge in [0, 0.05) is 18.2 Å². The number of para-hydroxylation sites is 1. The van der Waals surface area contributed by atoms with Crippen molar-refractivity contribution in [2.24, 2.45) is 5.73 Å². The zero-order valence-corrected chi connectivity index (χ0v) is 10.3. The number of halogens is 4. The highest BCUT2D eigenvalue weighted by atomic mass is 35.5. The monoisotopic (exact) mass is 285 g/mol. The first kappa shape index (κ1) is 17.0. The maximum absolute atomic E-state index is 12.1. The Morgan fingerprint density at radius 1 is 1.28 bits per heavy atom. The zero-order chi connectivity index (χ0) is 12.9. The summed E-state index contributed by atoms with van der Waals surface area (Å²) in [7, 11) is 0. The Balaban J connectivity index is 0.00000289. The molecule has 0 fully saturated rings. The van der Waals surface area contributed by atoms with E-state index in [2.05, 4.69) is 4.74 Å². The van der Waals surface area contributed by atoms with Crippen LogP contribution in [0.2, 0.25) is 0 Å². The Labute approximate surface area is 109 Å². The molecule has 0 amide bonds. The molecule has 0 saturated heterocycles. The van der Waals surface area contributed by atoms with E-state index >= 15 is 0 Å². The van der Waals surface area contributed by atoms with Crippen LogP contribution in [0.5, 0.6) is 5.75 Å². The van der Waals surface area contributed by atoms with Crippen molar-refractivity contribution < 1.29 is 23.0 Å². The topological polar surface area (TPSA) is 55.5 Å². The van der Waals surface area contributed by atoms with E-state index in [4.69, 9.17) is 10.8 Å². The highest BCUT2D eigenvalue weighted by Gasteiger charge is 2.32. The first-order chi connectivity index (χ1) is 7.94. The Bertz CT molecular complexity index is 360. The molecule has 0 heterocycles. The molecule has 0 aliphatic carbocycles. The van der Waals surface area contributed by atoms with Crippen LogP contribution in [0.3, 0.4) is 0 Å². The maximum Gasteiger partial charge on any atom is 0.573 e. The van der Waals surface area contributed by atoms with Crippen LogP contribution < -0.4 is 10.5 Å². The lowest BCUT2D eigenvalue weighted by Crippen LogP contribution is -2.20. The predicted molar refractivity (Wildman–Crippen MR) is 63.6 cm³/mol. The molecule has 0 bridgehead atoms. The van der Waals surface area contributed by atoms with Crippen molar-refractivity contribution in [3.8, 4) is 5.75 Å². The summed E-state index contributed by atoms with van der Waals surface area (Å²) in [5, 5.41) is 8.65. The van der Waals surface area contributed by atoms with Gasteiger partial charge in [-0.3, -0.25) is 0 Å². The summed E-state index contributed by atoms with van der Waals surface area (Å²) in [6.07, 6.45) is -3.90. The summed E-state index contributed by atoms with van der Waals surface area (Å²) in [6, 6.07) is 5.17. The van der Waals surface area contributed by atoms with E-state index in [1.54, 1.807) is 6.07 Å². The van der Waals surface area contributed by atoms with Gasteiger partial charge in [0.05, 0.1) is 0 Å². The van der Waals surface area contributed by atoms with Crippen molar-refractivity contribution in [2.45, 2.75) is 25.2 Å². The Kier molecular flexibility index (Phi) is 7.05. The van der Waals surface area contributed by atoms with Crippen LogP contribution >= 0.6 is 12.4 Å². The number of ether oxygens (including phenoxy) is 1. The van der Waals surface area contributed by atoms with Crippen molar-refractivity contribution in [2.75, 3.05) is 6.61 Å². The summed E-state index contributed by atoms with van der Waals surface area (Å²) in [5.41, 5.74) is 6.03. The average Bonchev–Trinajstić information content (AvgIpc) is 2.24. The zero-order valence-electron chi connectivity index (χ0n) is 9.48. The van der Waals surface area contributed by atoms with Gasteiger partial charge in [-0.25, -0.2) is 0 Å². The summed E-state index contributed by atoms with van der Waals surface area (Å²) in [5.74, 6) is -0.287. The van der Waals surface area contributed by atoms with Gasteiger partial charge < -0.3 is 15.6 Å². The molecular formula is C11H15ClF3NO2. The molecule has 7 heteroatoms. The molecule has 0 aliphatic rings. The van der Waals surface area contributed by atoms with Crippen molar-refractivity contribution in [1.82, 2.24) is 0 Å². The van der Waals surface area contributed by atoms with Crippen LogP contribution in [-0.4, -0.2) is 18.1 Å². The molecule has 0 spiro atoms. The van der Waals surface area contributed by atoms with E-state index in [0.717, 1.165) is 0 Å². The molecule has 0 unspecified atom stereocenters. The summed E-state index contributed by atoms with van der Waals surface area (Å²) in [4.78, 5) is 0. The van der Waals surface area contributed by atoms with Gasteiger partial charge >= 0.3 is 6.36 Å². The number of rotatable bonds is 5. The Morgan fingerprint density at radius 2 is 1.89 bits per heavy atom. The van der Waals surface area contributed by atoms with Gasteiger partial charge in [-0.2, -0.15) is 0 Å². The summed E-state index contributed by atoms with van der Waals surface area (Å²) < 4.78 is 40.3. The molecular weight excluding hydrogens is 271 g/mol. The van der Waals surface area contributed by atoms with Gasteiger partial charge in [-0.15, -0.1) is 25.6 Å². The third-order valence-corrected chi connectivity index (χ3v) is 2.22. The minimum absolute atomic E-state index is 0. The number of hydrogen-bond donors (Lipinski definition) is 2. The average molecular weight is 286 g/mol. The molecule has 104 valence electrons. The second-order valence-corrected chi connectivity index (χ2v) is 3.56. The van der Waals surface area contributed by atoms with E-state index in [1.165, 1.54) is 18.2 Å². The van der Waals surface area contributed by atoms with Gasteiger partial charge in [0.25, 0.3) is 0 Å². The van der Waals surface area contributed by atoms with E-state index in [9.17, 15) is 13.2 Å². The fraction of sp³-hybridized carbons (Fsp3) is 0.455. The summed E-state index contributed by atoms with van der Waals surface area (Å²) in [6.45, 7) is -0.0456. The van der Waals surface area contributed by atoms with E-state index in [1.807, 2.05) is 0 Å². The Hall–Kier alpha value is -0.980. The molecule has 1 rings (SSSR count). The van der Waals surface area contributed by atoms with Crippen LogP contribution in [0.25, 0.3) is 0 Å². The molecule has 0 aromatic heterocycles. The molecule has 1 aromatic carbocycles. The minimum Gasteiger partial charge on any atom is -0.405 e. The third kappa shape index (κ3) is 5.57. The first-order valence-corrected chi connectivity index (χ1v) is 5.15. The largest absolute Gasteiger partial charge is 0.573 e. The molecule has 18 heavy (non-hydrogen) atoms. The standard InChI is InChI=1S/C11H14F3NO2.ClH/c12-11(13,14)17-10-6-2-1-4-8(10)9(15)5-3-7-16;/h1-2,4,6,9,16H,3,5,7,15H2;1H/t9-;/m0./s1. The van der Waals surface area contributed by atoms with Crippen molar-refractivity contribution in [1.29, 1.82) is 0 Å². The molecule has 0 aliphatic heterocycles. The normalized spacial score (nSPS) is 12.7. The van der Waals surface area contributed by atoms with Crippen molar-refractivity contribution >= 4 is 12.4 Å². The van der Waals surface area contributed by atoms with Crippen LogP contribution in [0.1, 0.15) is 24.4 Å². The number of hydrogen-bond acceptors (Lipinski definition) is 3. The van der Waals surface area contributed by atoms with Crippen LogP contribution in [-0.2, 0) is 0 Å². The van der Waals surface area contributed by atoms with Gasteiger partial charge in [0.2, 0.25) is 0 Å². The van der Waals surface area contributed by atoms with E-state index in [-0.39, 0.29) is 24.8 Å². The lowest BCUT2D eigenvalue weighted by atomic mass is 10.0. The van der Waals surface area contributed by atoms with Crippen LogP contribution in [0, 0.1) is 0 Å². The van der Waals surface area contributed by atoms with E-state index < -0.39 is 12.4 Å². The number of alkyl halides is 3. The number of nitrogens with two attached hydrogens (primary N) is 1. The van der Waals surface area contributed by atoms with Crippen molar-refractivity contribution in [3.63, 3.8) is 0 Å². The molecule has 3 nitrogen and oxygen atoms in total. The highest BCUT2D eigenvalue weighted by Crippen LogP contribution is 2.30. The lowest BCUT2D eigenvalue weighted by Gasteiger charge is -2.17. The molecule has 1 atom stereocenters. The van der Waals surface area contributed by atoms with Gasteiger partial charge in [-0.05, 0) is 18.9 Å². The Morgan fingerprint density at radius 3 is 2.44 bits per heavy atom. The van der Waals surface area contributed by atoms with E-state index in [0.29, 0.717) is 18.4 Å². The van der Waals surface area contributed by atoms with Gasteiger partial charge in [-0.1, -0.05) is 18.2 Å². The fourth-order valence-corrected chi connectivity index (χ4v) is 1.47. The molecule has 0 radical (unpaired) electrons. The SMILES string of the molecule is Cl.N[C@@H](CCCO)c1ccccc1OC(F)(F)F. The van der Waals surface area contributed by atoms with Crippen molar-refractivity contribution in [3.05, 3.63) is 29.8 Å². The number of benzene rings is 1. The first-order valence-electron chi connectivity index (χ1n) is 5.15. The summed E-state index contributed by atoms with van der Waals surface area (Å²) >= 11 is 0. The van der Waals surface area contributed by atoms with Gasteiger partial charge in [0.15, 0.2) is 0 Å². The second kappa shape index (κ2) is 7.45. The lowest BCUT2D eigenvalue weighted by molar-refractivity contribution is -0.275. The smallest absolute Gasteiger partial charge is 0.405 e. The van der Waals surface area contributed by atoms with Gasteiger partial charge in [0.1, 0.15) is 5.75 Å². The number of aliphatic hydroxyl groups excluding tert-OH is 1. The fourth-order valence-electron chi connectivity index (χ4n) is 1.47. The highest BCUT2D eigenvalue weighted by molar-refractivity contribution is 5.85.